The lowest BCUT2D eigenvalue weighted by Gasteiger charge is -2.31. The van der Waals surface area contributed by atoms with E-state index in [-0.39, 0.29) is 6.03 Å². The van der Waals surface area contributed by atoms with Gasteiger partial charge in [-0.2, -0.15) is 4.31 Å². The van der Waals surface area contributed by atoms with Gasteiger partial charge >= 0.3 is 6.03 Å². The van der Waals surface area contributed by atoms with E-state index >= 15 is 0 Å². The van der Waals surface area contributed by atoms with Gasteiger partial charge in [0.25, 0.3) is 0 Å². The van der Waals surface area contributed by atoms with Gasteiger partial charge in [-0.1, -0.05) is 35.4 Å². The zero-order valence-electron chi connectivity index (χ0n) is 17.3. The van der Waals surface area contributed by atoms with Crippen molar-refractivity contribution in [2.45, 2.75) is 38.0 Å². The topological polar surface area (TPSA) is 78.5 Å². The van der Waals surface area contributed by atoms with Crippen molar-refractivity contribution < 1.29 is 13.2 Å². The maximum Gasteiger partial charge on any atom is 0.319 e. The summed E-state index contributed by atoms with van der Waals surface area (Å²) in [5.74, 6) is 0.392. The predicted octanol–water partition coefficient (Wildman–Crippen LogP) is 4.57. The number of sulfonamides is 1. The summed E-state index contributed by atoms with van der Waals surface area (Å²) in [5.41, 5.74) is 2.64. The number of hydrogen-bond acceptors (Lipinski definition) is 3. The summed E-state index contributed by atoms with van der Waals surface area (Å²) < 4.78 is 27.1. The summed E-state index contributed by atoms with van der Waals surface area (Å²) >= 11 is 6.07. The van der Waals surface area contributed by atoms with Crippen LogP contribution in [-0.4, -0.2) is 38.4 Å². The van der Waals surface area contributed by atoms with Crippen LogP contribution in [0, 0.1) is 19.8 Å². The van der Waals surface area contributed by atoms with Crippen molar-refractivity contribution in [3.63, 3.8) is 0 Å². The second-order valence-corrected chi connectivity index (χ2v) is 10.1. The predicted molar refractivity (Wildman–Crippen MR) is 120 cm³/mol. The Hall–Kier alpha value is -2.09. The first-order valence-electron chi connectivity index (χ1n) is 10.1. The van der Waals surface area contributed by atoms with Gasteiger partial charge in [0.05, 0.1) is 4.90 Å². The van der Waals surface area contributed by atoms with Gasteiger partial charge < -0.3 is 10.6 Å². The minimum absolute atomic E-state index is 0.269. The smallest absolute Gasteiger partial charge is 0.319 e. The van der Waals surface area contributed by atoms with Crippen molar-refractivity contribution in [1.82, 2.24) is 9.62 Å². The van der Waals surface area contributed by atoms with Gasteiger partial charge in [0.1, 0.15) is 0 Å². The highest BCUT2D eigenvalue weighted by Gasteiger charge is 2.29. The standard InChI is InChI=1S/C22H28ClN3O3S/c1-16-3-7-20(8-4-16)30(28,29)26-13-10-18(11-14-26)9-12-24-22(27)25-19-6-5-17(2)21(23)15-19/h3-8,15,18H,9-14H2,1-2H3,(H2,24,25,27). The van der Waals surface area contributed by atoms with Crippen LogP contribution in [0.3, 0.4) is 0 Å². The van der Waals surface area contributed by atoms with Crippen molar-refractivity contribution in [2.24, 2.45) is 5.92 Å². The average molecular weight is 450 g/mol. The maximum atomic E-state index is 12.8. The molecule has 0 aliphatic carbocycles. The minimum Gasteiger partial charge on any atom is -0.338 e. The Labute approximate surface area is 183 Å². The summed E-state index contributed by atoms with van der Waals surface area (Å²) in [6.45, 7) is 5.40. The van der Waals surface area contributed by atoms with E-state index in [9.17, 15) is 13.2 Å². The second kappa shape index (κ2) is 9.81. The Morgan fingerprint density at radius 3 is 2.40 bits per heavy atom. The van der Waals surface area contributed by atoms with E-state index in [1.807, 2.05) is 38.1 Å². The Morgan fingerprint density at radius 1 is 1.10 bits per heavy atom. The van der Waals surface area contributed by atoms with E-state index in [4.69, 9.17) is 11.6 Å². The third-order valence-corrected chi connectivity index (χ3v) is 7.82. The zero-order chi connectivity index (χ0) is 21.7. The Kier molecular flexibility index (Phi) is 7.39. The molecule has 0 radical (unpaired) electrons. The van der Waals surface area contributed by atoms with Crippen molar-refractivity contribution >= 4 is 33.3 Å². The zero-order valence-corrected chi connectivity index (χ0v) is 18.9. The molecular formula is C22H28ClN3O3S. The minimum atomic E-state index is -3.43. The van der Waals surface area contributed by atoms with Crippen LogP contribution in [-0.2, 0) is 10.0 Å². The normalized spacial score (nSPS) is 15.7. The number of benzene rings is 2. The fourth-order valence-corrected chi connectivity index (χ4v) is 5.18. The number of nitrogens with zero attached hydrogens (tertiary/aromatic N) is 1. The molecule has 1 saturated heterocycles. The number of anilines is 1. The number of rotatable bonds is 6. The van der Waals surface area contributed by atoms with Crippen LogP contribution in [0.5, 0.6) is 0 Å². The fourth-order valence-electron chi connectivity index (χ4n) is 3.53. The molecule has 2 aromatic carbocycles. The molecule has 1 aliphatic heterocycles. The summed E-state index contributed by atoms with van der Waals surface area (Å²) in [7, 11) is -3.43. The third kappa shape index (κ3) is 5.74. The Morgan fingerprint density at radius 2 is 1.77 bits per heavy atom. The molecule has 162 valence electrons. The van der Waals surface area contributed by atoms with E-state index in [0.29, 0.717) is 41.2 Å². The fraction of sp³-hybridized carbons (Fsp3) is 0.409. The Bertz CT molecular complexity index is 985. The molecule has 0 unspecified atom stereocenters. The number of halogens is 1. The van der Waals surface area contributed by atoms with Gasteiger partial charge in [-0.3, -0.25) is 0 Å². The van der Waals surface area contributed by atoms with Crippen LogP contribution in [0.25, 0.3) is 0 Å². The molecule has 3 rings (SSSR count). The van der Waals surface area contributed by atoms with E-state index in [2.05, 4.69) is 10.6 Å². The van der Waals surface area contributed by atoms with Crippen molar-refractivity contribution in [3.8, 4) is 0 Å². The lowest BCUT2D eigenvalue weighted by atomic mass is 9.95. The average Bonchev–Trinajstić information content (AvgIpc) is 2.71. The molecule has 0 spiro atoms. The van der Waals surface area contributed by atoms with Crippen LogP contribution < -0.4 is 10.6 Å². The van der Waals surface area contributed by atoms with Crippen LogP contribution in [0.1, 0.15) is 30.4 Å². The van der Waals surface area contributed by atoms with E-state index in [1.165, 1.54) is 0 Å². The van der Waals surface area contributed by atoms with Crippen LogP contribution in [0.15, 0.2) is 47.4 Å². The number of carbonyl (C=O) groups is 1. The molecule has 1 fully saturated rings. The quantitative estimate of drug-likeness (QED) is 0.678. The molecule has 2 N–H and O–H groups in total. The molecule has 0 aromatic heterocycles. The molecular weight excluding hydrogens is 422 g/mol. The largest absolute Gasteiger partial charge is 0.338 e. The molecule has 2 amide bonds. The van der Waals surface area contributed by atoms with Crippen molar-refractivity contribution in [1.29, 1.82) is 0 Å². The molecule has 6 nitrogen and oxygen atoms in total. The molecule has 0 atom stereocenters. The number of aryl methyl sites for hydroxylation is 2. The first-order chi connectivity index (χ1) is 14.3. The molecule has 30 heavy (non-hydrogen) atoms. The Balaban J connectivity index is 1.42. The highest BCUT2D eigenvalue weighted by molar-refractivity contribution is 7.89. The van der Waals surface area contributed by atoms with Crippen molar-refractivity contribution in [3.05, 3.63) is 58.6 Å². The number of piperidine rings is 1. The van der Waals surface area contributed by atoms with Gasteiger partial charge in [-0.15, -0.1) is 0 Å². The molecule has 2 aromatic rings. The number of carbonyl (C=O) groups excluding carboxylic acids is 1. The van der Waals surface area contributed by atoms with Crippen LogP contribution in [0.2, 0.25) is 5.02 Å². The van der Waals surface area contributed by atoms with E-state index < -0.39 is 10.0 Å². The van der Waals surface area contributed by atoms with Gasteiger partial charge in [0.15, 0.2) is 0 Å². The van der Waals surface area contributed by atoms with Crippen LogP contribution in [0.4, 0.5) is 10.5 Å². The molecule has 0 saturated carbocycles. The van der Waals surface area contributed by atoms with Gasteiger partial charge in [0, 0.05) is 30.3 Å². The number of nitrogens with one attached hydrogen (secondary N) is 2. The molecule has 8 heteroatoms. The van der Waals surface area contributed by atoms with Gasteiger partial charge in [-0.25, -0.2) is 13.2 Å². The molecule has 0 bridgehead atoms. The van der Waals surface area contributed by atoms with Crippen LogP contribution >= 0.6 is 11.6 Å². The molecule has 1 heterocycles. The van der Waals surface area contributed by atoms with Gasteiger partial charge in [0.2, 0.25) is 10.0 Å². The van der Waals surface area contributed by atoms with E-state index in [1.54, 1.807) is 22.5 Å². The summed E-state index contributed by atoms with van der Waals surface area (Å²) in [4.78, 5) is 12.4. The lowest BCUT2D eigenvalue weighted by molar-refractivity contribution is 0.245. The lowest BCUT2D eigenvalue weighted by Crippen LogP contribution is -2.39. The highest BCUT2D eigenvalue weighted by atomic mass is 35.5. The van der Waals surface area contributed by atoms with Gasteiger partial charge in [-0.05, 0) is 68.9 Å². The third-order valence-electron chi connectivity index (χ3n) is 5.50. The number of hydrogen-bond donors (Lipinski definition) is 2. The molecule has 1 aliphatic rings. The number of amides is 2. The summed E-state index contributed by atoms with van der Waals surface area (Å²) in [6, 6.07) is 12.1. The monoisotopic (exact) mass is 449 g/mol. The first kappa shape index (κ1) is 22.6. The number of urea groups is 1. The first-order valence-corrected chi connectivity index (χ1v) is 12.0. The maximum absolute atomic E-state index is 12.8. The second-order valence-electron chi connectivity index (χ2n) is 7.79. The van der Waals surface area contributed by atoms with E-state index in [0.717, 1.165) is 30.4 Å². The highest BCUT2D eigenvalue weighted by Crippen LogP contribution is 2.25. The summed E-state index contributed by atoms with van der Waals surface area (Å²) in [5, 5.41) is 6.25. The van der Waals surface area contributed by atoms with Crippen molar-refractivity contribution in [2.75, 3.05) is 25.0 Å². The summed E-state index contributed by atoms with van der Waals surface area (Å²) in [6.07, 6.45) is 2.41. The SMILES string of the molecule is Cc1ccc(S(=O)(=O)N2CCC(CCNC(=O)Nc3ccc(C)c(Cl)c3)CC2)cc1.